The zero-order valence-corrected chi connectivity index (χ0v) is 24.2. The van der Waals surface area contributed by atoms with Gasteiger partial charge in [-0.05, 0) is 57.5 Å². The Balaban J connectivity index is 1.31. The largest absolute Gasteiger partial charge is 0.489 e. The molecule has 0 radical (unpaired) electrons. The van der Waals surface area contributed by atoms with E-state index in [1.165, 1.54) is 12.1 Å². The number of ether oxygens (including phenoxy) is 2. The monoisotopic (exact) mass is 575 g/mol. The molecule has 42 heavy (non-hydrogen) atoms. The van der Waals surface area contributed by atoms with Gasteiger partial charge in [-0.25, -0.2) is 4.39 Å². The zero-order chi connectivity index (χ0) is 29.2. The summed E-state index contributed by atoms with van der Waals surface area (Å²) in [5.41, 5.74) is 2.50. The number of carbonyl (C=O) groups is 1. The number of nitrogens with zero attached hydrogens (tertiary/aromatic N) is 7. The van der Waals surface area contributed by atoms with E-state index in [4.69, 9.17) is 19.4 Å². The number of likely N-dealkylation sites (tertiary alicyclic amines) is 1. The summed E-state index contributed by atoms with van der Waals surface area (Å²) >= 11 is 0. The van der Waals surface area contributed by atoms with Crippen molar-refractivity contribution in [2.24, 2.45) is 0 Å². The van der Waals surface area contributed by atoms with Gasteiger partial charge < -0.3 is 29.1 Å². The Morgan fingerprint density at radius 3 is 2.90 bits per heavy atom. The number of likely N-dealkylation sites (N-methyl/N-ethyl adjacent to an activating group) is 1. The molecule has 2 fully saturated rings. The summed E-state index contributed by atoms with van der Waals surface area (Å²) in [6.07, 6.45) is 5.95. The fraction of sp³-hybridized carbons (Fsp3) is 0.548. The van der Waals surface area contributed by atoms with Gasteiger partial charge in [-0.15, -0.1) is 0 Å². The normalized spacial score (nSPS) is 23.9. The van der Waals surface area contributed by atoms with Crippen molar-refractivity contribution < 1.29 is 18.7 Å². The van der Waals surface area contributed by atoms with Gasteiger partial charge in [0.15, 0.2) is 0 Å². The number of piperazine rings is 1. The van der Waals surface area contributed by atoms with Gasteiger partial charge in [0.1, 0.15) is 36.3 Å². The number of fused-ring (bicyclic) bond motifs is 2. The van der Waals surface area contributed by atoms with E-state index in [1.54, 1.807) is 11.0 Å². The lowest BCUT2D eigenvalue weighted by atomic mass is 9.90. The molecule has 0 N–H and O–H groups in total. The van der Waals surface area contributed by atoms with Gasteiger partial charge in [0.05, 0.1) is 30.8 Å². The number of para-hydroxylation sites is 1. The van der Waals surface area contributed by atoms with Gasteiger partial charge in [0, 0.05) is 43.7 Å². The van der Waals surface area contributed by atoms with Crippen LogP contribution in [0.25, 0.3) is 0 Å². The second kappa shape index (κ2) is 12.1. The molecule has 0 bridgehead atoms. The molecule has 6 rings (SSSR count). The predicted octanol–water partition coefficient (Wildman–Crippen LogP) is 2.96. The molecule has 0 saturated carbocycles. The maximum atomic E-state index is 15.0. The van der Waals surface area contributed by atoms with E-state index in [0.717, 1.165) is 49.3 Å². The first-order chi connectivity index (χ1) is 20.5. The molecule has 10 nitrogen and oxygen atoms in total. The number of carbonyl (C=O) groups excluding carboxylic acids is 1. The Hall–Kier alpha value is -3.91. The Bertz CT molecular complexity index is 1380. The highest BCUT2D eigenvalue weighted by molar-refractivity contribution is 5.87. The number of aromatic nitrogens is 2. The van der Waals surface area contributed by atoms with Crippen LogP contribution in [0.1, 0.15) is 36.9 Å². The molecule has 2 saturated heterocycles. The van der Waals surface area contributed by atoms with E-state index in [0.29, 0.717) is 69.3 Å². The number of hydrogen-bond donors (Lipinski definition) is 0. The van der Waals surface area contributed by atoms with E-state index < -0.39 is 0 Å². The van der Waals surface area contributed by atoms with Crippen LogP contribution in [0.3, 0.4) is 0 Å². The summed E-state index contributed by atoms with van der Waals surface area (Å²) in [6, 6.07) is 7.69. The Morgan fingerprint density at radius 1 is 1.24 bits per heavy atom. The van der Waals surface area contributed by atoms with Crippen molar-refractivity contribution in [2.75, 3.05) is 62.8 Å². The fourth-order valence-corrected chi connectivity index (χ4v) is 6.87. The molecule has 4 aliphatic rings. The first-order valence-corrected chi connectivity index (χ1v) is 14.9. The number of nitriles is 1. The quantitative estimate of drug-likeness (QED) is 0.462. The summed E-state index contributed by atoms with van der Waals surface area (Å²) in [5.74, 6) is 0.956. The standard InChI is InChI=1S/C31H38FN7O3/c1-3-28(40)38-15-14-37(19-22(38)11-12-33)30-24-10-9-21(39-16-17-41-27-8-4-7-25(32)29(27)39)18-26(24)34-31(35-30)42-20-23-6-5-13-36(23)2/h3-4,7-8,21-23H,1,5-6,9-11,13-20H2,2H3/t21?,22-,23?/m0/s1. The lowest BCUT2D eigenvalue weighted by Crippen LogP contribution is -2.55. The minimum atomic E-state index is -0.276. The third-order valence-corrected chi connectivity index (χ3v) is 9.12. The van der Waals surface area contributed by atoms with Gasteiger partial charge >= 0.3 is 6.01 Å². The molecular weight excluding hydrogens is 537 g/mol. The molecule has 1 aromatic carbocycles. The van der Waals surface area contributed by atoms with Gasteiger partial charge in [-0.3, -0.25) is 4.79 Å². The van der Waals surface area contributed by atoms with Crippen LogP contribution >= 0.6 is 0 Å². The molecule has 2 unspecified atom stereocenters. The van der Waals surface area contributed by atoms with Gasteiger partial charge in [0.2, 0.25) is 5.91 Å². The minimum Gasteiger partial charge on any atom is -0.489 e. The Morgan fingerprint density at radius 2 is 2.12 bits per heavy atom. The second-order valence-electron chi connectivity index (χ2n) is 11.6. The van der Waals surface area contributed by atoms with Gasteiger partial charge in [-0.2, -0.15) is 15.2 Å². The maximum absolute atomic E-state index is 15.0. The lowest BCUT2D eigenvalue weighted by molar-refractivity contribution is -0.128. The smallest absolute Gasteiger partial charge is 0.318 e. The molecule has 222 valence electrons. The Kier molecular flexibility index (Phi) is 8.16. The molecule has 4 heterocycles. The lowest BCUT2D eigenvalue weighted by Gasteiger charge is -2.43. The molecule has 3 atom stereocenters. The van der Waals surface area contributed by atoms with Crippen LogP contribution in [-0.4, -0.2) is 96.8 Å². The number of amides is 1. The number of benzene rings is 1. The van der Waals surface area contributed by atoms with E-state index in [9.17, 15) is 10.1 Å². The average Bonchev–Trinajstić information content (AvgIpc) is 3.43. The van der Waals surface area contributed by atoms with Gasteiger partial charge in [-0.1, -0.05) is 12.6 Å². The molecule has 1 amide bonds. The number of rotatable bonds is 7. The van der Waals surface area contributed by atoms with E-state index in [2.05, 4.69) is 34.4 Å². The highest BCUT2D eigenvalue weighted by Gasteiger charge is 2.36. The maximum Gasteiger partial charge on any atom is 0.318 e. The molecular formula is C31H38FN7O3. The summed E-state index contributed by atoms with van der Waals surface area (Å²) < 4.78 is 27.0. The van der Waals surface area contributed by atoms with Crippen LogP contribution in [0.15, 0.2) is 30.9 Å². The van der Waals surface area contributed by atoms with Crippen molar-refractivity contribution in [3.63, 3.8) is 0 Å². The average molecular weight is 576 g/mol. The highest BCUT2D eigenvalue weighted by Crippen LogP contribution is 2.39. The predicted molar refractivity (Wildman–Crippen MR) is 156 cm³/mol. The third-order valence-electron chi connectivity index (χ3n) is 9.12. The van der Waals surface area contributed by atoms with E-state index in [-0.39, 0.29) is 30.2 Å². The van der Waals surface area contributed by atoms with Crippen molar-refractivity contribution in [2.45, 2.75) is 56.7 Å². The zero-order valence-electron chi connectivity index (χ0n) is 24.2. The van der Waals surface area contributed by atoms with Crippen LogP contribution in [0.2, 0.25) is 0 Å². The van der Waals surface area contributed by atoms with E-state index >= 15 is 4.39 Å². The summed E-state index contributed by atoms with van der Waals surface area (Å²) in [5, 5.41) is 9.50. The SMILES string of the molecule is C=CC(=O)N1CCN(c2nc(OCC3CCCN3C)nc3c2CCC(N2CCOc4cccc(F)c42)C3)C[C@@H]1CC#N. The van der Waals surface area contributed by atoms with Crippen LogP contribution in [0.4, 0.5) is 15.9 Å². The number of anilines is 2. The molecule has 1 aromatic heterocycles. The summed E-state index contributed by atoms with van der Waals surface area (Å²) in [7, 11) is 2.11. The third kappa shape index (κ3) is 5.48. The van der Waals surface area contributed by atoms with Crippen LogP contribution < -0.4 is 19.3 Å². The Labute approximate surface area is 246 Å². The van der Waals surface area contributed by atoms with Crippen LogP contribution in [0, 0.1) is 17.1 Å². The van der Waals surface area contributed by atoms with Crippen molar-refractivity contribution in [1.82, 2.24) is 19.8 Å². The molecule has 1 aliphatic carbocycles. The molecule has 2 aromatic rings. The van der Waals surface area contributed by atoms with Crippen molar-refractivity contribution >= 4 is 17.4 Å². The highest BCUT2D eigenvalue weighted by atomic mass is 19.1. The van der Waals surface area contributed by atoms with Crippen molar-refractivity contribution in [1.29, 1.82) is 5.26 Å². The summed E-state index contributed by atoms with van der Waals surface area (Å²) in [6.45, 7) is 7.87. The van der Waals surface area contributed by atoms with Crippen molar-refractivity contribution in [3.05, 3.63) is 47.9 Å². The summed E-state index contributed by atoms with van der Waals surface area (Å²) in [4.78, 5) is 30.7. The second-order valence-corrected chi connectivity index (χ2v) is 11.6. The fourth-order valence-electron chi connectivity index (χ4n) is 6.87. The van der Waals surface area contributed by atoms with Crippen LogP contribution in [-0.2, 0) is 17.6 Å². The first-order valence-electron chi connectivity index (χ1n) is 14.9. The van der Waals surface area contributed by atoms with Crippen molar-refractivity contribution in [3.8, 4) is 17.8 Å². The topological polar surface area (TPSA) is 98.1 Å². The van der Waals surface area contributed by atoms with Gasteiger partial charge in [0.25, 0.3) is 0 Å². The molecule has 3 aliphatic heterocycles. The molecule has 0 spiro atoms. The van der Waals surface area contributed by atoms with Crippen LogP contribution in [0.5, 0.6) is 11.8 Å². The minimum absolute atomic E-state index is 0.0574. The molecule has 11 heteroatoms. The van der Waals surface area contributed by atoms with E-state index in [1.807, 2.05) is 6.07 Å². The number of hydrogen-bond acceptors (Lipinski definition) is 9. The first kappa shape index (κ1) is 28.2. The number of halogens is 1.